The predicted octanol–water partition coefficient (Wildman–Crippen LogP) is -0.877. The molecule has 0 saturated carbocycles. The molecule has 2 N–H and O–H groups in total. The molecule has 1 amide bonds. The molecule has 7 heteroatoms. The number of pyridine rings is 1. The molecule has 1 aliphatic rings. The highest BCUT2D eigenvalue weighted by molar-refractivity contribution is 5.96. The van der Waals surface area contributed by atoms with Gasteiger partial charge in [-0.15, -0.1) is 0 Å². The van der Waals surface area contributed by atoms with Gasteiger partial charge in [0.1, 0.15) is 11.6 Å². The zero-order valence-electron chi connectivity index (χ0n) is 10.3. The van der Waals surface area contributed by atoms with E-state index < -0.39 is 29.5 Å². The van der Waals surface area contributed by atoms with E-state index in [9.17, 15) is 19.5 Å². The van der Waals surface area contributed by atoms with Crippen LogP contribution in [0.2, 0.25) is 0 Å². The van der Waals surface area contributed by atoms with Gasteiger partial charge in [0.15, 0.2) is 5.43 Å². The highest BCUT2D eigenvalue weighted by Gasteiger charge is 2.40. The Bertz CT molecular complexity index is 553. The van der Waals surface area contributed by atoms with Crippen LogP contribution in [0.5, 0.6) is 0 Å². The summed E-state index contributed by atoms with van der Waals surface area (Å²) in [6, 6.07) is 0.375. The van der Waals surface area contributed by atoms with Crippen molar-refractivity contribution in [2.75, 3.05) is 13.7 Å². The van der Waals surface area contributed by atoms with E-state index >= 15 is 0 Å². The van der Waals surface area contributed by atoms with Gasteiger partial charge in [0.25, 0.3) is 5.91 Å². The van der Waals surface area contributed by atoms with Gasteiger partial charge < -0.3 is 19.7 Å². The van der Waals surface area contributed by atoms with E-state index in [1.807, 2.05) is 0 Å². The number of hydrogen-bond acceptors (Lipinski definition) is 5. The number of ether oxygens (including phenoxy) is 1. The minimum atomic E-state index is -0.855. The lowest BCUT2D eigenvalue weighted by atomic mass is 10.2. The van der Waals surface area contributed by atoms with Gasteiger partial charge in [-0.25, -0.2) is 4.79 Å². The number of aromatic amines is 1. The summed E-state index contributed by atoms with van der Waals surface area (Å²) in [5.74, 6) is -1.19. The first-order valence-electron chi connectivity index (χ1n) is 5.78. The molecular formula is C12H14N2O5. The van der Waals surface area contributed by atoms with Crippen LogP contribution in [0.15, 0.2) is 23.3 Å². The molecule has 2 rings (SSSR count). The normalized spacial score (nSPS) is 22.3. The lowest BCUT2D eigenvalue weighted by Gasteiger charge is -2.21. The predicted molar refractivity (Wildman–Crippen MR) is 64.5 cm³/mol. The largest absolute Gasteiger partial charge is 0.467 e. The van der Waals surface area contributed by atoms with Crippen LogP contribution in [0, 0.1) is 0 Å². The van der Waals surface area contributed by atoms with Crippen LogP contribution in [0.1, 0.15) is 16.8 Å². The number of carbonyl (C=O) groups is 2. The zero-order chi connectivity index (χ0) is 14.0. The molecule has 1 aromatic heterocycles. The fourth-order valence-electron chi connectivity index (χ4n) is 2.14. The summed E-state index contributed by atoms with van der Waals surface area (Å²) < 4.78 is 4.60. The second kappa shape index (κ2) is 5.23. The number of nitrogens with zero attached hydrogens (tertiary/aromatic N) is 1. The molecule has 2 unspecified atom stereocenters. The van der Waals surface area contributed by atoms with E-state index in [4.69, 9.17) is 0 Å². The summed E-state index contributed by atoms with van der Waals surface area (Å²) in [6.07, 6.45) is 2.01. The number of likely N-dealkylation sites (tertiary alicyclic amines) is 1. The molecule has 0 radical (unpaired) electrons. The number of nitrogens with one attached hydrogen (secondary N) is 1. The summed E-state index contributed by atoms with van der Waals surface area (Å²) in [7, 11) is 1.21. The molecule has 1 aromatic rings. The molecular weight excluding hydrogens is 252 g/mol. The number of H-pyrrole nitrogens is 1. The molecule has 0 aliphatic carbocycles. The van der Waals surface area contributed by atoms with Crippen LogP contribution in [0.25, 0.3) is 0 Å². The molecule has 1 aliphatic heterocycles. The maximum Gasteiger partial charge on any atom is 0.328 e. The van der Waals surface area contributed by atoms with E-state index in [1.165, 1.54) is 30.5 Å². The number of methoxy groups -OCH3 is 1. The van der Waals surface area contributed by atoms with Crippen LogP contribution in [0.3, 0.4) is 0 Å². The van der Waals surface area contributed by atoms with Gasteiger partial charge in [0.2, 0.25) is 0 Å². The first-order valence-corrected chi connectivity index (χ1v) is 5.78. The maximum absolute atomic E-state index is 12.2. The quantitative estimate of drug-likeness (QED) is 0.677. The van der Waals surface area contributed by atoms with Crippen LogP contribution < -0.4 is 5.43 Å². The Morgan fingerprint density at radius 3 is 2.89 bits per heavy atom. The van der Waals surface area contributed by atoms with Crippen molar-refractivity contribution in [3.05, 3.63) is 34.2 Å². The number of amides is 1. The second-order valence-corrected chi connectivity index (χ2v) is 4.31. The molecule has 19 heavy (non-hydrogen) atoms. The fourth-order valence-corrected chi connectivity index (χ4v) is 2.14. The van der Waals surface area contributed by atoms with Crippen molar-refractivity contribution in [3.63, 3.8) is 0 Å². The molecule has 102 valence electrons. The minimum absolute atomic E-state index is 0.00688. The first kappa shape index (κ1) is 13.3. The van der Waals surface area contributed by atoms with Crippen molar-refractivity contribution in [1.29, 1.82) is 0 Å². The number of aromatic nitrogens is 1. The molecule has 1 saturated heterocycles. The van der Waals surface area contributed by atoms with Gasteiger partial charge in [-0.1, -0.05) is 0 Å². The highest BCUT2D eigenvalue weighted by Crippen LogP contribution is 2.20. The van der Waals surface area contributed by atoms with Crippen LogP contribution >= 0.6 is 0 Å². The number of rotatable bonds is 2. The van der Waals surface area contributed by atoms with E-state index in [2.05, 4.69) is 9.72 Å². The van der Waals surface area contributed by atoms with Crippen LogP contribution in [-0.2, 0) is 9.53 Å². The van der Waals surface area contributed by atoms with E-state index in [-0.39, 0.29) is 18.5 Å². The molecule has 2 heterocycles. The maximum atomic E-state index is 12.2. The summed E-state index contributed by atoms with van der Waals surface area (Å²) in [5.41, 5.74) is -0.501. The summed E-state index contributed by atoms with van der Waals surface area (Å²) in [4.78, 5) is 39.2. The molecule has 1 fully saturated rings. The van der Waals surface area contributed by atoms with E-state index in [0.717, 1.165) is 0 Å². The number of hydrogen-bond donors (Lipinski definition) is 2. The van der Waals surface area contributed by atoms with Crippen molar-refractivity contribution in [1.82, 2.24) is 9.88 Å². The van der Waals surface area contributed by atoms with Crippen molar-refractivity contribution in [2.45, 2.75) is 18.6 Å². The van der Waals surface area contributed by atoms with Gasteiger partial charge in [-0.05, 0) is 0 Å². The Balaban J connectivity index is 2.30. The Morgan fingerprint density at radius 1 is 1.53 bits per heavy atom. The van der Waals surface area contributed by atoms with Gasteiger partial charge >= 0.3 is 5.97 Å². The Labute approximate surface area is 108 Å². The van der Waals surface area contributed by atoms with Gasteiger partial charge in [0, 0.05) is 31.4 Å². The zero-order valence-corrected chi connectivity index (χ0v) is 10.3. The second-order valence-electron chi connectivity index (χ2n) is 4.31. The lowest BCUT2D eigenvalue weighted by Crippen LogP contribution is -2.42. The van der Waals surface area contributed by atoms with Crippen molar-refractivity contribution < 1.29 is 19.4 Å². The van der Waals surface area contributed by atoms with E-state index in [1.54, 1.807) is 0 Å². The average molecular weight is 266 g/mol. The molecule has 0 bridgehead atoms. The van der Waals surface area contributed by atoms with Crippen molar-refractivity contribution in [3.8, 4) is 0 Å². The fraction of sp³-hybridized carbons (Fsp3) is 0.417. The SMILES string of the molecule is COC(=O)C1CC(O)CN1C(=O)c1c[nH]ccc1=O. The number of aliphatic hydroxyl groups is 1. The average Bonchev–Trinajstić information content (AvgIpc) is 2.79. The number of carbonyl (C=O) groups excluding carboxylic acids is 2. The summed E-state index contributed by atoms with van der Waals surface area (Å²) >= 11 is 0. The van der Waals surface area contributed by atoms with Crippen LogP contribution in [-0.4, -0.2) is 52.7 Å². The lowest BCUT2D eigenvalue weighted by molar-refractivity contribution is -0.145. The molecule has 7 nitrogen and oxygen atoms in total. The Hall–Kier alpha value is -2.15. The minimum Gasteiger partial charge on any atom is -0.467 e. The third-order valence-corrected chi connectivity index (χ3v) is 3.07. The third-order valence-electron chi connectivity index (χ3n) is 3.07. The van der Waals surface area contributed by atoms with Crippen molar-refractivity contribution in [2.24, 2.45) is 0 Å². The summed E-state index contributed by atoms with van der Waals surface area (Å²) in [6.45, 7) is 0.00688. The highest BCUT2D eigenvalue weighted by atomic mass is 16.5. The number of aliphatic hydroxyl groups excluding tert-OH is 1. The van der Waals surface area contributed by atoms with Gasteiger partial charge in [0.05, 0.1) is 13.2 Å². The molecule has 2 atom stereocenters. The summed E-state index contributed by atoms with van der Waals surface area (Å²) in [5, 5.41) is 9.59. The van der Waals surface area contributed by atoms with Crippen LogP contribution in [0.4, 0.5) is 0 Å². The third kappa shape index (κ3) is 2.50. The first-order chi connectivity index (χ1) is 9.04. The molecule has 0 aromatic carbocycles. The van der Waals surface area contributed by atoms with Crippen molar-refractivity contribution >= 4 is 11.9 Å². The standard InChI is InChI=1S/C12H14N2O5/c1-19-12(18)9-4-7(15)6-14(9)11(17)8-5-13-3-2-10(8)16/h2-3,5,7,9,15H,4,6H2,1H3,(H,13,16). The van der Waals surface area contributed by atoms with Gasteiger partial charge in [-0.2, -0.15) is 0 Å². The topological polar surface area (TPSA) is 99.7 Å². The Morgan fingerprint density at radius 2 is 2.26 bits per heavy atom. The molecule has 0 spiro atoms. The van der Waals surface area contributed by atoms with E-state index in [0.29, 0.717) is 0 Å². The van der Waals surface area contributed by atoms with Gasteiger partial charge in [-0.3, -0.25) is 9.59 Å². The monoisotopic (exact) mass is 266 g/mol. The number of esters is 1. The Kier molecular flexibility index (Phi) is 3.66. The number of β-amino-alcohol motifs (C(OH)–C–C–N with tert-alkyl or cyclic N) is 1. The smallest absolute Gasteiger partial charge is 0.328 e.